The lowest BCUT2D eigenvalue weighted by Gasteiger charge is -2.28. The monoisotopic (exact) mass is 1480 g/mol. The van der Waals surface area contributed by atoms with Crippen molar-refractivity contribution in [1.29, 1.82) is 0 Å². The maximum Gasteiger partial charge on any atom is 0.100 e. The van der Waals surface area contributed by atoms with E-state index in [2.05, 4.69) is 422 Å². The maximum atomic E-state index is 2.45. The zero-order valence-corrected chi connectivity index (χ0v) is 69.4. The average molecular weight is 1480 g/mol. The quantitative estimate of drug-likeness (QED) is 0.135. The Kier molecular flexibility index (Phi) is 21.1. The third kappa shape index (κ3) is 14.7. The lowest BCUT2D eigenvalue weighted by molar-refractivity contribution is 0.505. The summed E-state index contributed by atoms with van der Waals surface area (Å²) in [5.74, 6) is 0. The first-order chi connectivity index (χ1) is 52.6. The van der Waals surface area contributed by atoms with Gasteiger partial charge in [0.2, 0.25) is 0 Å². The van der Waals surface area contributed by atoms with Gasteiger partial charge in [0.05, 0.1) is 0 Å². The van der Waals surface area contributed by atoms with Crippen molar-refractivity contribution in [2.45, 2.75) is 119 Å². The number of thiophene rings is 2. The minimum absolute atomic E-state index is 0.0182. The molecule has 0 unspecified atom stereocenters. The van der Waals surface area contributed by atoms with Crippen LogP contribution in [0.25, 0.3) is 44.5 Å². The molecule has 0 radical (unpaired) electrons. The molecule has 110 heavy (non-hydrogen) atoms. The highest BCUT2D eigenvalue weighted by Crippen LogP contribution is 2.56. The largest absolute Gasteiger partial charge is 0.345 e. The highest BCUT2D eigenvalue weighted by molar-refractivity contribution is 7.16. The molecule has 4 aliphatic rings. The molecular formula is C103H105N5S2. The summed E-state index contributed by atoms with van der Waals surface area (Å²) in [5.41, 5.74) is 37.1. The molecule has 554 valence electrons. The number of hydrogen-bond donors (Lipinski definition) is 0. The first-order valence-electron chi connectivity index (χ1n) is 38.7. The molecule has 18 rings (SSSR count). The third-order valence-corrected chi connectivity index (χ3v) is 24.9. The molecule has 0 saturated heterocycles. The number of nitrogens with zero attached hydrogens (tertiary/aromatic N) is 5. The normalized spacial score (nSPS) is 13.8. The van der Waals surface area contributed by atoms with E-state index in [0.29, 0.717) is 0 Å². The van der Waals surface area contributed by atoms with E-state index in [-0.39, 0.29) is 21.7 Å². The highest BCUT2D eigenvalue weighted by atomic mass is 32.1. The van der Waals surface area contributed by atoms with Crippen molar-refractivity contribution in [1.82, 2.24) is 4.90 Å². The van der Waals surface area contributed by atoms with Gasteiger partial charge in [-0.1, -0.05) is 248 Å². The van der Waals surface area contributed by atoms with Crippen LogP contribution in [-0.2, 0) is 21.7 Å². The zero-order chi connectivity index (χ0) is 77.7. The Labute approximate surface area is 664 Å². The van der Waals surface area contributed by atoms with Gasteiger partial charge in [0.1, 0.15) is 10.0 Å². The number of rotatable bonds is 10. The minimum atomic E-state index is -0.0272. The van der Waals surface area contributed by atoms with Crippen molar-refractivity contribution in [3.8, 4) is 44.5 Å². The molecule has 2 heterocycles. The van der Waals surface area contributed by atoms with Gasteiger partial charge in [-0.25, -0.2) is 0 Å². The van der Waals surface area contributed by atoms with Crippen LogP contribution in [0.4, 0.5) is 55.5 Å². The smallest absolute Gasteiger partial charge is 0.100 e. The maximum absolute atomic E-state index is 2.45. The van der Waals surface area contributed by atoms with Crippen molar-refractivity contribution in [2.75, 3.05) is 54.8 Å². The molecule has 4 aliphatic carbocycles. The first kappa shape index (κ1) is 76.0. The van der Waals surface area contributed by atoms with Gasteiger partial charge in [-0.2, -0.15) is 0 Å². The minimum Gasteiger partial charge on any atom is -0.345 e. The summed E-state index contributed by atoms with van der Waals surface area (Å²) < 4.78 is 0. The molecule has 12 aromatic carbocycles. The van der Waals surface area contributed by atoms with Gasteiger partial charge in [0.15, 0.2) is 0 Å². The summed E-state index contributed by atoms with van der Waals surface area (Å²) in [6, 6.07) is 107. The Balaban J connectivity index is 0.000000126. The second-order valence-electron chi connectivity index (χ2n) is 32.8. The molecule has 14 aromatic rings. The number of benzene rings is 12. The van der Waals surface area contributed by atoms with Crippen molar-refractivity contribution < 1.29 is 0 Å². The van der Waals surface area contributed by atoms with Crippen molar-refractivity contribution >= 4 is 78.2 Å². The Morgan fingerprint density at radius 2 is 0.418 bits per heavy atom. The fourth-order valence-electron chi connectivity index (χ4n) is 16.6. The summed E-state index contributed by atoms with van der Waals surface area (Å²) in [6.07, 6.45) is 0. The van der Waals surface area contributed by atoms with E-state index < -0.39 is 0 Å². The van der Waals surface area contributed by atoms with Crippen LogP contribution in [0.5, 0.6) is 0 Å². The van der Waals surface area contributed by atoms with E-state index in [1.54, 1.807) is 0 Å². The predicted octanol–water partition coefficient (Wildman–Crippen LogP) is 28.6. The molecule has 0 bridgehead atoms. The van der Waals surface area contributed by atoms with Gasteiger partial charge >= 0.3 is 0 Å². The molecular weight excluding hydrogens is 1370 g/mol. The first-order valence-corrected chi connectivity index (χ1v) is 40.3. The van der Waals surface area contributed by atoms with Crippen LogP contribution >= 0.6 is 22.7 Å². The van der Waals surface area contributed by atoms with E-state index in [1.165, 1.54) is 177 Å². The zero-order valence-electron chi connectivity index (χ0n) is 67.8. The van der Waals surface area contributed by atoms with Crippen LogP contribution in [0.2, 0.25) is 0 Å². The van der Waals surface area contributed by atoms with E-state index in [4.69, 9.17) is 0 Å². The lowest BCUT2D eigenvalue weighted by Crippen LogP contribution is -2.17. The summed E-state index contributed by atoms with van der Waals surface area (Å²) in [7, 11) is 10.3. The second-order valence-corrected chi connectivity index (χ2v) is 35.4. The van der Waals surface area contributed by atoms with Crippen molar-refractivity contribution in [3.63, 3.8) is 0 Å². The second kappa shape index (κ2) is 30.6. The number of hydrogen-bond acceptors (Lipinski definition) is 7. The average Bonchev–Trinajstić information content (AvgIpc) is 1.58. The van der Waals surface area contributed by atoms with Gasteiger partial charge in [0, 0.05) is 91.0 Å². The van der Waals surface area contributed by atoms with Gasteiger partial charge in [-0.05, 0) is 273 Å². The van der Waals surface area contributed by atoms with Crippen LogP contribution in [-0.4, -0.2) is 40.1 Å². The van der Waals surface area contributed by atoms with Gasteiger partial charge < -0.3 is 24.5 Å². The number of anilines is 10. The summed E-state index contributed by atoms with van der Waals surface area (Å²) in [4.78, 5) is 13.9. The molecule has 0 atom stereocenters. The van der Waals surface area contributed by atoms with Crippen LogP contribution < -0.4 is 19.6 Å². The Hall–Kier alpha value is -10.8. The summed E-state index contributed by atoms with van der Waals surface area (Å²) in [6.45, 7) is 31.6. The molecule has 0 spiro atoms. The number of aryl methyl sites for hydroxylation is 6. The van der Waals surface area contributed by atoms with Crippen molar-refractivity contribution in [3.05, 3.63) is 368 Å². The highest BCUT2D eigenvalue weighted by Gasteiger charge is 2.40. The van der Waals surface area contributed by atoms with Crippen LogP contribution in [0.1, 0.15) is 132 Å². The molecule has 2 aromatic heterocycles. The van der Waals surface area contributed by atoms with Gasteiger partial charge in [0.25, 0.3) is 0 Å². The molecule has 0 fully saturated rings. The Morgan fingerprint density at radius 3 is 0.682 bits per heavy atom. The van der Waals surface area contributed by atoms with Gasteiger partial charge in [-0.3, -0.25) is 0 Å². The summed E-state index contributed by atoms with van der Waals surface area (Å²) >= 11 is 3.67. The van der Waals surface area contributed by atoms with E-state index in [9.17, 15) is 0 Å². The van der Waals surface area contributed by atoms with Crippen LogP contribution in [0.3, 0.4) is 0 Å². The topological polar surface area (TPSA) is 16.2 Å². The van der Waals surface area contributed by atoms with Crippen LogP contribution in [0.15, 0.2) is 291 Å². The molecule has 0 N–H and O–H groups in total. The predicted molar refractivity (Wildman–Crippen MR) is 478 cm³/mol. The third-order valence-electron chi connectivity index (χ3n) is 22.9. The Bertz CT molecular complexity index is 5340. The van der Waals surface area contributed by atoms with Gasteiger partial charge in [-0.15, -0.1) is 22.7 Å². The molecule has 5 nitrogen and oxygen atoms in total. The number of fused-ring (bicyclic) bond motifs is 12. The van der Waals surface area contributed by atoms with E-state index in [1.807, 2.05) is 48.7 Å². The molecule has 0 aliphatic heterocycles. The molecule has 0 saturated carbocycles. The van der Waals surface area contributed by atoms with Crippen molar-refractivity contribution in [2.24, 2.45) is 0 Å². The summed E-state index contributed by atoms with van der Waals surface area (Å²) in [5, 5.41) is 2.50. The fourth-order valence-corrected chi connectivity index (χ4v) is 18.4. The molecule has 7 heteroatoms. The fraction of sp³-hybridized carbons (Fsp3) is 0.223. The van der Waals surface area contributed by atoms with E-state index >= 15 is 0 Å². The Morgan fingerprint density at radius 1 is 0.209 bits per heavy atom. The van der Waals surface area contributed by atoms with E-state index in [0.717, 1.165) is 0 Å². The lowest BCUT2D eigenvalue weighted by atomic mass is 9.82. The SMILES string of the molecule is CN(C)C.CN(c1ccc2c(c1)C(C)(C)c1ccccc1-2)c1ccc2c(c1)C(C)(C)c1ccccc1-2.Cc1ccc(N(C)c2ccc(C)cc2)cc1.Cc1ccc(N(c2ccc(C)cc2)c2ccc(C)s2)cc1.Cc1ccc(N(c2ccc3c(c2)C(C)(C)c2ccccc2-3)c2ccc3c(c2)C(C)(C)c2ccccc2-3)s1. The molecule has 0 amide bonds. The standard InChI is InChI=1S/C35H31NS.C31H29N.C19H19NS.C15H17N.C3H9N/c1-22-14-19-33(37-22)36(23-15-17-27-25-10-6-8-12-29(25)34(2,3)31(27)20-23)24-16-18-28-26-11-7-9-13-30(26)35(4,5)32(28)21-24;1-30(2)26-12-8-6-10-22(26)24-16-14-20(18-28(24)30)32(5)21-15-17-25-23-11-7-9-13-27(23)31(3,4)29(25)19-21;1-14-4-9-17(10-5-14)20(19-13-8-16(3)21-19)18-11-6-15(2)7-12-18;1-12-4-8-14(9-5-12)16(3)15-10-6-13(2)7-11-15;1-4(2)3/h6-21H,1-5H3;6-19H,1-5H3;4-13H,1-3H3;4-11H,1-3H3;1-3H3. The van der Waals surface area contributed by atoms with Crippen LogP contribution in [0, 0.1) is 41.5 Å².